The lowest BCUT2D eigenvalue weighted by molar-refractivity contribution is 0.346. The van der Waals surface area contributed by atoms with Gasteiger partial charge in [-0.1, -0.05) is 0 Å². The van der Waals surface area contributed by atoms with Crippen LogP contribution in [0.1, 0.15) is 25.8 Å². The van der Waals surface area contributed by atoms with Crippen molar-refractivity contribution in [1.82, 2.24) is 15.5 Å². The molecule has 5 nitrogen and oxygen atoms in total. The fraction of sp³-hybridized carbons (Fsp3) is 0.750. The number of aromatic nitrogens is 2. The van der Waals surface area contributed by atoms with Crippen molar-refractivity contribution < 1.29 is 4.52 Å². The molecule has 0 aliphatic rings. The largest absolute Gasteiger partial charge is 0.342 e. The Hall–Kier alpha value is -1.10. The summed E-state index contributed by atoms with van der Waals surface area (Å²) in [6.45, 7) is 4.88. The van der Waals surface area contributed by atoms with Crippen LogP contribution >= 0.6 is 0 Å². The SMILES string of the molecule is CCN(C)c1noc(C(C)NC)n1. The first kappa shape index (κ1) is 9.98. The van der Waals surface area contributed by atoms with Crippen molar-refractivity contribution in [3.05, 3.63) is 5.89 Å². The normalized spacial score (nSPS) is 12.9. The number of nitrogens with one attached hydrogen (secondary N) is 1. The van der Waals surface area contributed by atoms with Crippen LogP contribution in [0.3, 0.4) is 0 Å². The molecule has 0 amide bonds. The second-order valence-corrected chi connectivity index (χ2v) is 2.96. The van der Waals surface area contributed by atoms with Gasteiger partial charge in [0.05, 0.1) is 6.04 Å². The quantitative estimate of drug-likeness (QED) is 0.750. The van der Waals surface area contributed by atoms with Gasteiger partial charge in [-0.05, 0) is 26.1 Å². The predicted octanol–water partition coefficient (Wildman–Crippen LogP) is 0.806. The molecule has 1 unspecified atom stereocenters. The minimum atomic E-state index is 0.103. The summed E-state index contributed by atoms with van der Waals surface area (Å²) in [6.07, 6.45) is 0. The lowest BCUT2D eigenvalue weighted by Crippen LogP contribution is -2.17. The highest BCUT2D eigenvalue weighted by Crippen LogP contribution is 2.12. The van der Waals surface area contributed by atoms with E-state index < -0.39 is 0 Å². The summed E-state index contributed by atoms with van der Waals surface area (Å²) in [6, 6.07) is 0.103. The molecule has 1 rings (SSSR count). The third kappa shape index (κ3) is 2.18. The topological polar surface area (TPSA) is 54.2 Å². The highest BCUT2D eigenvalue weighted by Gasteiger charge is 2.13. The third-order valence-corrected chi connectivity index (χ3v) is 2.05. The average Bonchev–Trinajstić information content (AvgIpc) is 2.64. The zero-order valence-electron chi connectivity index (χ0n) is 8.53. The van der Waals surface area contributed by atoms with Gasteiger partial charge in [0.25, 0.3) is 5.95 Å². The monoisotopic (exact) mass is 184 g/mol. The van der Waals surface area contributed by atoms with Crippen LogP contribution < -0.4 is 10.2 Å². The summed E-state index contributed by atoms with van der Waals surface area (Å²) < 4.78 is 5.08. The van der Waals surface area contributed by atoms with Gasteiger partial charge in [-0.2, -0.15) is 4.98 Å². The third-order valence-electron chi connectivity index (χ3n) is 2.05. The smallest absolute Gasteiger partial charge is 0.265 e. The van der Waals surface area contributed by atoms with Crippen LogP contribution in [0.4, 0.5) is 5.95 Å². The molecule has 0 saturated carbocycles. The Bertz CT molecular complexity index is 236. The zero-order chi connectivity index (χ0) is 9.84. The van der Waals surface area contributed by atoms with Crippen molar-refractivity contribution in [2.24, 2.45) is 0 Å². The van der Waals surface area contributed by atoms with E-state index >= 15 is 0 Å². The second-order valence-electron chi connectivity index (χ2n) is 2.96. The maximum absolute atomic E-state index is 5.08. The molecule has 0 aromatic carbocycles. The van der Waals surface area contributed by atoms with Gasteiger partial charge in [-0.3, -0.25) is 0 Å². The van der Waals surface area contributed by atoms with Crippen molar-refractivity contribution in [1.29, 1.82) is 0 Å². The molecule has 5 heteroatoms. The molecule has 0 radical (unpaired) electrons. The van der Waals surface area contributed by atoms with Gasteiger partial charge in [0.1, 0.15) is 0 Å². The van der Waals surface area contributed by atoms with E-state index in [4.69, 9.17) is 4.52 Å². The fourth-order valence-corrected chi connectivity index (χ4v) is 0.823. The van der Waals surface area contributed by atoms with Gasteiger partial charge in [-0.25, -0.2) is 0 Å². The second kappa shape index (κ2) is 4.23. The van der Waals surface area contributed by atoms with Crippen molar-refractivity contribution in [3.63, 3.8) is 0 Å². The number of rotatable bonds is 4. The van der Waals surface area contributed by atoms with E-state index in [2.05, 4.69) is 15.5 Å². The van der Waals surface area contributed by atoms with Gasteiger partial charge in [0.15, 0.2) is 0 Å². The minimum Gasteiger partial charge on any atom is -0.342 e. The van der Waals surface area contributed by atoms with E-state index in [0.717, 1.165) is 6.54 Å². The molecule has 0 fully saturated rings. The summed E-state index contributed by atoms with van der Waals surface area (Å²) in [5, 5.41) is 6.89. The lowest BCUT2D eigenvalue weighted by Gasteiger charge is -2.09. The lowest BCUT2D eigenvalue weighted by atomic mass is 10.3. The van der Waals surface area contributed by atoms with Crippen LogP contribution in [-0.4, -0.2) is 30.8 Å². The van der Waals surface area contributed by atoms with Crippen LogP contribution in [0.15, 0.2) is 4.52 Å². The maximum atomic E-state index is 5.08. The Morgan fingerprint density at radius 1 is 1.62 bits per heavy atom. The molecule has 0 aliphatic carbocycles. The summed E-state index contributed by atoms with van der Waals surface area (Å²) in [4.78, 5) is 6.16. The fourth-order valence-electron chi connectivity index (χ4n) is 0.823. The van der Waals surface area contributed by atoms with Crippen molar-refractivity contribution in [3.8, 4) is 0 Å². The van der Waals surface area contributed by atoms with E-state index in [0.29, 0.717) is 11.8 Å². The number of anilines is 1. The number of hydrogen-bond acceptors (Lipinski definition) is 5. The first-order valence-electron chi connectivity index (χ1n) is 4.41. The molecule has 13 heavy (non-hydrogen) atoms. The maximum Gasteiger partial charge on any atom is 0.265 e. The Labute approximate surface area is 78.1 Å². The van der Waals surface area contributed by atoms with E-state index in [1.807, 2.05) is 32.8 Å². The molecule has 1 aromatic heterocycles. The Morgan fingerprint density at radius 3 is 2.85 bits per heavy atom. The van der Waals surface area contributed by atoms with Gasteiger partial charge in [0.2, 0.25) is 5.89 Å². The Kier molecular flexibility index (Phi) is 3.25. The molecule has 74 valence electrons. The van der Waals surface area contributed by atoms with Gasteiger partial charge in [0, 0.05) is 13.6 Å². The summed E-state index contributed by atoms with van der Waals surface area (Å²) in [5.41, 5.74) is 0. The van der Waals surface area contributed by atoms with E-state index in [9.17, 15) is 0 Å². The van der Waals surface area contributed by atoms with Crippen LogP contribution in [0, 0.1) is 0 Å². The molecule has 1 heterocycles. The minimum absolute atomic E-state index is 0.103. The van der Waals surface area contributed by atoms with E-state index in [1.165, 1.54) is 0 Å². The molecular weight excluding hydrogens is 168 g/mol. The molecule has 1 N–H and O–H groups in total. The molecular formula is C8H16N4O. The highest BCUT2D eigenvalue weighted by atomic mass is 16.5. The summed E-state index contributed by atoms with van der Waals surface area (Å²) in [5.74, 6) is 1.26. The van der Waals surface area contributed by atoms with Crippen LogP contribution in [0.5, 0.6) is 0 Å². The van der Waals surface area contributed by atoms with Gasteiger partial charge >= 0.3 is 0 Å². The summed E-state index contributed by atoms with van der Waals surface area (Å²) >= 11 is 0. The molecule has 1 atom stereocenters. The standard InChI is InChI=1S/C8H16N4O/c1-5-12(4)8-10-7(13-11-8)6(2)9-3/h6,9H,5H2,1-4H3. The number of hydrogen-bond donors (Lipinski definition) is 1. The van der Waals surface area contributed by atoms with Gasteiger partial charge in [-0.15, -0.1) is 0 Å². The first-order valence-corrected chi connectivity index (χ1v) is 4.41. The van der Waals surface area contributed by atoms with Crippen molar-refractivity contribution in [2.45, 2.75) is 19.9 Å². The zero-order valence-corrected chi connectivity index (χ0v) is 8.53. The molecule has 1 aromatic rings. The Balaban J connectivity index is 2.74. The van der Waals surface area contributed by atoms with Crippen molar-refractivity contribution >= 4 is 5.95 Å². The summed E-state index contributed by atoms with van der Waals surface area (Å²) in [7, 11) is 3.79. The van der Waals surface area contributed by atoms with E-state index in [1.54, 1.807) is 0 Å². The first-order chi connectivity index (χ1) is 6.19. The molecule has 0 spiro atoms. The predicted molar refractivity (Wildman–Crippen MR) is 50.7 cm³/mol. The number of nitrogens with zero attached hydrogens (tertiary/aromatic N) is 3. The van der Waals surface area contributed by atoms with Gasteiger partial charge < -0.3 is 14.7 Å². The average molecular weight is 184 g/mol. The van der Waals surface area contributed by atoms with Crippen LogP contribution in [-0.2, 0) is 0 Å². The van der Waals surface area contributed by atoms with Crippen LogP contribution in [0.25, 0.3) is 0 Å². The Morgan fingerprint density at radius 2 is 2.31 bits per heavy atom. The molecule has 0 bridgehead atoms. The highest BCUT2D eigenvalue weighted by molar-refractivity contribution is 5.25. The molecule has 0 saturated heterocycles. The van der Waals surface area contributed by atoms with Crippen molar-refractivity contribution in [2.75, 3.05) is 25.5 Å². The van der Waals surface area contributed by atoms with Crippen LogP contribution in [0.2, 0.25) is 0 Å². The molecule has 0 aliphatic heterocycles. The van der Waals surface area contributed by atoms with E-state index in [-0.39, 0.29) is 6.04 Å².